The van der Waals surface area contributed by atoms with E-state index in [0.717, 1.165) is 42.3 Å². The zero-order chi connectivity index (χ0) is 15.5. The Morgan fingerprint density at radius 3 is 3.05 bits per heavy atom. The molecule has 0 fully saturated rings. The van der Waals surface area contributed by atoms with Crippen LogP contribution in [0, 0.1) is 6.92 Å². The van der Waals surface area contributed by atoms with Crippen molar-refractivity contribution in [3.05, 3.63) is 27.7 Å². The van der Waals surface area contributed by atoms with Crippen LogP contribution in [-0.2, 0) is 13.0 Å². The van der Waals surface area contributed by atoms with Gasteiger partial charge in [-0.3, -0.25) is 4.79 Å². The molecule has 0 spiro atoms. The third-order valence-electron chi connectivity index (χ3n) is 3.94. The van der Waals surface area contributed by atoms with E-state index in [0.29, 0.717) is 12.4 Å². The molecule has 1 aliphatic heterocycles. The number of carbonyl (C=O) groups is 1. The molecule has 0 saturated heterocycles. The Labute approximate surface area is 134 Å². The van der Waals surface area contributed by atoms with Crippen LogP contribution in [0.3, 0.4) is 0 Å². The Morgan fingerprint density at radius 1 is 1.41 bits per heavy atom. The highest BCUT2D eigenvalue weighted by Gasteiger charge is 2.20. The maximum atomic E-state index is 12.4. The lowest BCUT2D eigenvalue weighted by Gasteiger charge is -2.11. The first-order valence-electron chi connectivity index (χ1n) is 7.77. The molecule has 1 N–H and O–H groups in total. The van der Waals surface area contributed by atoms with Gasteiger partial charge in [-0.1, -0.05) is 13.3 Å². The summed E-state index contributed by atoms with van der Waals surface area (Å²) in [6, 6.07) is 0. The van der Waals surface area contributed by atoms with E-state index in [4.69, 9.17) is 0 Å². The first-order valence-corrected chi connectivity index (χ1v) is 8.65. The number of rotatable bonds is 4. The number of thiazole rings is 1. The molecular weight excluding hydrogens is 298 g/mol. The number of hydrogen-bond acceptors (Lipinski definition) is 5. The number of fused-ring (bicyclic) bond motifs is 1. The topological polar surface area (TPSA) is 72.7 Å². The van der Waals surface area contributed by atoms with Crippen molar-refractivity contribution in [1.29, 1.82) is 0 Å². The quantitative estimate of drug-likeness (QED) is 0.938. The Morgan fingerprint density at radius 2 is 2.27 bits per heavy atom. The van der Waals surface area contributed by atoms with Crippen LogP contribution in [0.2, 0.25) is 0 Å². The second kappa shape index (κ2) is 6.56. The first kappa shape index (κ1) is 15.1. The van der Waals surface area contributed by atoms with Gasteiger partial charge in [0.25, 0.3) is 5.91 Å². The lowest BCUT2D eigenvalue weighted by atomic mass is 10.2. The second-order valence-corrected chi connectivity index (χ2v) is 6.73. The van der Waals surface area contributed by atoms with E-state index >= 15 is 0 Å². The summed E-state index contributed by atoms with van der Waals surface area (Å²) in [5.41, 5.74) is 1.03. The van der Waals surface area contributed by atoms with Gasteiger partial charge in [-0.2, -0.15) is 0 Å². The van der Waals surface area contributed by atoms with Gasteiger partial charge in [0.15, 0.2) is 0 Å². The molecule has 1 unspecified atom stereocenters. The molecule has 22 heavy (non-hydrogen) atoms. The number of carbonyl (C=O) groups excluding carboxylic acids is 1. The highest BCUT2D eigenvalue weighted by Crippen LogP contribution is 2.19. The van der Waals surface area contributed by atoms with E-state index < -0.39 is 0 Å². The van der Waals surface area contributed by atoms with Crippen molar-refractivity contribution in [1.82, 2.24) is 25.1 Å². The molecule has 1 aliphatic rings. The van der Waals surface area contributed by atoms with Gasteiger partial charge in [0.2, 0.25) is 5.82 Å². The number of aromatic nitrogens is 4. The van der Waals surface area contributed by atoms with E-state index in [2.05, 4.69) is 27.4 Å². The molecule has 0 aromatic carbocycles. The maximum absolute atomic E-state index is 12.4. The molecule has 0 aliphatic carbocycles. The lowest BCUT2D eigenvalue weighted by Crippen LogP contribution is -2.30. The van der Waals surface area contributed by atoms with Gasteiger partial charge in [-0.05, 0) is 19.8 Å². The van der Waals surface area contributed by atoms with Crippen molar-refractivity contribution in [2.24, 2.45) is 0 Å². The molecule has 0 saturated carbocycles. The summed E-state index contributed by atoms with van der Waals surface area (Å²) in [5, 5.41) is 14.3. The van der Waals surface area contributed by atoms with E-state index in [-0.39, 0.29) is 11.8 Å². The van der Waals surface area contributed by atoms with E-state index in [9.17, 15) is 4.79 Å². The molecule has 1 atom stereocenters. The van der Waals surface area contributed by atoms with E-state index in [1.54, 1.807) is 11.3 Å². The molecule has 1 amide bonds. The van der Waals surface area contributed by atoms with Gasteiger partial charge >= 0.3 is 0 Å². The summed E-state index contributed by atoms with van der Waals surface area (Å²) in [7, 11) is 0. The molecule has 3 heterocycles. The predicted molar refractivity (Wildman–Crippen MR) is 85.2 cm³/mol. The van der Waals surface area contributed by atoms with Gasteiger partial charge in [-0.15, -0.1) is 21.5 Å². The summed E-state index contributed by atoms with van der Waals surface area (Å²) in [4.78, 5) is 16.8. The molecule has 2 aromatic rings. The summed E-state index contributed by atoms with van der Waals surface area (Å²) in [6.07, 6.45) is 4.31. The number of nitrogens with one attached hydrogen (secondary N) is 1. The number of amides is 1. The minimum atomic E-state index is -0.138. The predicted octanol–water partition coefficient (Wildman–Crippen LogP) is 2.30. The molecule has 118 valence electrons. The third kappa shape index (κ3) is 3.19. The highest BCUT2D eigenvalue weighted by atomic mass is 32.1. The van der Waals surface area contributed by atoms with Crippen molar-refractivity contribution in [2.75, 3.05) is 6.54 Å². The third-order valence-corrected chi connectivity index (χ3v) is 5.13. The van der Waals surface area contributed by atoms with Crippen LogP contribution in [0.1, 0.15) is 59.2 Å². The summed E-state index contributed by atoms with van der Waals surface area (Å²) in [6.45, 7) is 5.46. The van der Waals surface area contributed by atoms with Crippen LogP contribution in [0.4, 0.5) is 0 Å². The molecule has 3 rings (SSSR count). The fourth-order valence-electron chi connectivity index (χ4n) is 2.66. The minimum absolute atomic E-state index is 0.138. The average Bonchev–Trinajstić information content (AvgIpc) is 3.05. The molecule has 6 nitrogen and oxygen atoms in total. The zero-order valence-electron chi connectivity index (χ0n) is 13.0. The van der Waals surface area contributed by atoms with Crippen molar-refractivity contribution in [2.45, 2.75) is 52.0 Å². The normalized spacial score (nSPS) is 15.9. The molecular formula is C15H21N5OS. The fourth-order valence-corrected chi connectivity index (χ4v) is 3.52. The Kier molecular flexibility index (Phi) is 4.52. The molecule has 7 heteroatoms. The summed E-state index contributed by atoms with van der Waals surface area (Å²) in [5.74, 6) is 1.45. The van der Waals surface area contributed by atoms with Crippen molar-refractivity contribution in [3.63, 3.8) is 0 Å². The highest BCUT2D eigenvalue weighted by molar-refractivity contribution is 7.09. The summed E-state index contributed by atoms with van der Waals surface area (Å²) < 4.78 is 1.97. The molecule has 2 aromatic heterocycles. The standard InChI is InChI=1S/C15H21N5OS/c1-10(15-17-11(2)9-22-15)8-16-14(21)13-19-18-12-6-4-3-5-7-20(12)13/h9-10H,3-8H2,1-2H3,(H,16,21). The van der Waals surface area contributed by atoms with Crippen LogP contribution >= 0.6 is 11.3 Å². The largest absolute Gasteiger partial charge is 0.349 e. The zero-order valence-corrected chi connectivity index (χ0v) is 13.8. The minimum Gasteiger partial charge on any atom is -0.349 e. The van der Waals surface area contributed by atoms with Crippen LogP contribution in [-0.4, -0.2) is 32.2 Å². The van der Waals surface area contributed by atoms with Crippen molar-refractivity contribution in [3.8, 4) is 0 Å². The molecule has 0 radical (unpaired) electrons. The van der Waals surface area contributed by atoms with Crippen molar-refractivity contribution >= 4 is 17.2 Å². The van der Waals surface area contributed by atoms with Crippen LogP contribution < -0.4 is 5.32 Å². The summed E-state index contributed by atoms with van der Waals surface area (Å²) >= 11 is 1.64. The Balaban J connectivity index is 1.64. The van der Waals surface area contributed by atoms with Gasteiger partial charge < -0.3 is 9.88 Å². The van der Waals surface area contributed by atoms with Crippen molar-refractivity contribution < 1.29 is 4.79 Å². The second-order valence-electron chi connectivity index (χ2n) is 5.84. The van der Waals surface area contributed by atoms with Gasteiger partial charge in [-0.25, -0.2) is 4.98 Å². The van der Waals surface area contributed by atoms with E-state index in [1.165, 1.54) is 6.42 Å². The van der Waals surface area contributed by atoms with Crippen LogP contribution in [0.5, 0.6) is 0 Å². The Hall–Kier alpha value is -1.76. The molecule has 0 bridgehead atoms. The van der Waals surface area contributed by atoms with Crippen LogP contribution in [0.25, 0.3) is 0 Å². The van der Waals surface area contributed by atoms with Gasteiger partial charge in [0.05, 0.1) is 5.01 Å². The lowest BCUT2D eigenvalue weighted by molar-refractivity contribution is 0.0936. The monoisotopic (exact) mass is 319 g/mol. The number of nitrogens with zero attached hydrogens (tertiary/aromatic N) is 4. The number of aryl methyl sites for hydroxylation is 2. The number of hydrogen-bond donors (Lipinski definition) is 1. The maximum Gasteiger partial charge on any atom is 0.289 e. The van der Waals surface area contributed by atoms with Gasteiger partial charge in [0.1, 0.15) is 5.82 Å². The first-order chi connectivity index (χ1) is 10.6. The average molecular weight is 319 g/mol. The fraction of sp³-hybridized carbons (Fsp3) is 0.600. The smallest absolute Gasteiger partial charge is 0.289 e. The SMILES string of the molecule is Cc1csc(C(C)CNC(=O)c2nnc3n2CCCCC3)n1. The van der Waals surface area contributed by atoms with Crippen LogP contribution in [0.15, 0.2) is 5.38 Å². The van der Waals surface area contributed by atoms with E-state index in [1.807, 2.05) is 16.9 Å². The Bertz CT molecular complexity index is 663. The van der Waals surface area contributed by atoms with Gasteiger partial charge in [0, 0.05) is 36.5 Å².